The molecule has 2 aromatic carbocycles. The zero-order valence-corrected chi connectivity index (χ0v) is 16.9. The molecule has 0 saturated heterocycles. The highest BCUT2D eigenvalue weighted by molar-refractivity contribution is 7.92. The van der Waals surface area contributed by atoms with Crippen LogP contribution >= 0.6 is 0 Å². The average molecular weight is 384 g/mol. The molecule has 0 unspecified atom stereocenters. The van der Waals surface area contributed by atoms with E-state index in [1.165, 1.54) is 0 Å². The molecule has 3 rings (SSSR count). The normalized spacial score (nSPS) is 11.7. The lowest BCUT2D eigenvalue weighted by molar-refractivity contribution is 0.601. The van der Waals surface area contributed by atoms with E-state index in [2.05, 4.69) is 23.7 Å². The van der Waals surface area contributed by atoms with Gasteiger partial charge in [-0.25, -0.2) is 8.42 Å². The van der Waals surface area contributed by atoms with Crippen molar-refractivity contribution in [1.29, 1.82) is 0 Å². The summed E-state index contributed by atoms with van der Waals surface area (Å²) in [5.74, 6) is 0.362. The lowest BCUT2D eigenvalue weighted by Crippen LogP contribution is -2.13. The van der Waals surface area contributed by atoms with Crippen LogP contribution in [0.15, 0.2) is 59.5 Å². The minimum Gasteiger partial charge on any atom is -0.280 e. The Morgan fingerprint density at radius 2 is 1.74 bits per heavy atom. The Hall–Kier alpha value is -2.60. The van der Waals surface area contributed by atoms with Crippen LogP contribution in [0.4, 0.5) is 5.69 Å². The lowest BCUT2D eigenvalue weighted by Gasteiger charge is -2.11. The number of rotatable bonds is 6. The first kappa shape index (κ1) is 19.2. The number of hydrogen-bond donors (Lipinski definition) is 1. The van der Waals surface area contributed by atoms with Crippen LogP contribution in [0.3, 0.4) is 0 Å². The highest BCUT2D eigenvalue weighted by atomic mass is 32.2. The maximum atomic E-state index is 12.7. The van der Waals surface area contributed by atoms with Crippen LogP contribution in [-0.2, 0) is 16.6 Å². The molecule has 0 amide bonds. The van der Waals surface area contributed by atoms with Gasteiger partial charge in [-0.3, -0.25) is 9.40 Å². The third-order valence-corrected chi connectivity index (χ3v) is 5.87. The number of aryl methyl sites for hydroxylation is 2. The molecule has 3 aromatic rings. The van der Waals surface area contributed by atoms with Crippen LogP contribution in [0.5, 0.6) is 0 Å². The van der Waals surface area contributed by atoms with Crippen LogP contribution in [-0.4, -0.2) is 18.2 Å². The Labute approximate surface area is 161 Å². The summed E-state index contributed by atoms with van der Waals surface area (Å²) >= 11 is 0. The summed E-state index contributed by atoms with van der Waals surface area (Å²) in [6.45, 7) is 8.72. The fraction of sp³-hybridized carbons (Fsp3) is 0.286. The van der Waals surface area contributed by atoms with E-state index in [1.807, 2.05) is 54.9 Å². The Bertz CT molecular complexity index is 1040. The zero-order valence-electron chi connectivity index (χ0n) is 16.1. The Morgan fingerprint density at radius 1 is 1.04 bits per heavy atom. The van der Waals surface area contributed by atoms with Crippen molar-refractivity contribution in [3.63, 3.8) is 0 Å². The molecule has 0 saturated carbocycles. The number of hydrogen-bond acceptors (Lipinski definition) is 3. The highest BCUT2D eigenvalue weighted by Crippen LogP contribution is 2.21. The van der Waals surface area contributed by atoms with E-state index >= 15 is 0 Å². The number of anilines is 1. The first-order valence-corrected chi connectivity index (χ1v) is 10.5. The topological polar surface area (TPSA) is 64.0 Å². The molecule has 6 heteroatoms. The van der Waals surface area contributed by atoms with Gasteiger partial charge in [-0.15, -0.1) is 0 Å². The van der Waals surface area contributed by atoms with Crippen LogP contribution in [0.2, 0.25) is 0 Å². The van der Waals surface area contributed by atoms with Crippen molar-refractivity contribution in [3.05, 3.63) is 77.1 Å². The number of nitrogens with zero attached hydrogens (tertiary/aromatic N) is 2. The van der Waals surface area contributed by atoms with E-state index in [1.54, 1.807) is 18.2 Å². The third-order valence-electron chi connectivity index (χ3n) is 4.47. The van der Waals surface area contributed by atoms with Gasteiger partial charge in [0.2, 0.25) is 0 Å². The third kappa shape index (κ3) is 4.57. The second-order valence-corrected chi connectivity index (χ2v) is 8.80. The smallest absolute Gasteiger partial charge is 0.261 e. The molecular formula is C21H25N3O2S. The molecule has 0 bridgehead atoms. The van der Waals surface area contributed by atoms with Gasteiger partial charge >= 0.3 is 0 Å². The monoisotopic (exact) mass is 383 g/mol. The molecule has 0 aliphatic heterocycles. The van der Waals surface area contributed by atoms with Crippen molar-refractivity contribution in [2.24, 2.45) is 0 Å². The Balaban J connectivity index is 1.79. The summed E-state index contributed by atoms with van der Waals surface area (Å²) < 4.78 is 29.9. The van der Waals surface area contributed by atoms with Gasteiger partial charge in [0, 0.05) is 11.4 Å². The maximum absolute atomic E-state index is 12.7. The Kier molecular flexibility index (Phi) is 5.37. The maximum Gasteiger partial charge on any atom is 0.261 e. The summed E-state index contributed by atoms with van der Waals surface area (Å²) in [5.41, 5.74) is 4.68. The van der Waals surface area contributed by atoms with Crippen LogP contribution < -0.4 is 4.72 Å². The van der Waals surface area contributed by atoms with Crippen molar-refractivity contribution >= 4 is 15.7 Å². The second-order valence-electron chi connectivity index (χ2n) is 7.11. The predicted molar refractivity (Wildman–Crippen MR) is 109 cm³/mol. The van der Waals surface area contributed by atoms with Gasteiger partial charge in [0.1, 0.15) is 0 Å². The summed E-state index contributed by atoms with van der Waals surface area (Å²) in [6, 6.07) is 16.5. The summed E-state index contributed by atoms with van der Waals surface area (Å²) in [4.78, 5) is 0.260. The van der Waals surface area contributed by atoms with E-state index < -0.39 is 10.0 Å². The van der Waals surface area contributed by atoms with Gasteiger partial charge in [-0.1, -0.05) is 38.1 Å². The molecule has 0 spiro atoms. The number of benzene rings is 2. The molecule has 1 N–H and O–H groups in total. The SMILES string of the molecule is Cc1cc(C)n(Cc2cccc(NS(=O)(=O)c3ccc(C(C)C)cc3)c2)n1. The number of nitrogens with one attached hydrogen (secondary N) is 1. The summed E-state index contributed by atoms with van der Waals surface area (Å²) in [7, 11) is -3.62. The molecule has 142 valence electrons. The molecule has 5 nitrogen and oxygen atoms in total. The minimum atomic E-state index is -3.62. The van der Waals surface area contributed by atoms with Crippen molar-refractivity contribution in [2.75, 3.05) is 4.72 Å². The van der Waals surface area contributed by atoms with Crippen LogP contribution in [0.1, 0.15) is 42.3 Å². The van der Waals surface area contributed by atoms with Crippen molar-refractivity contribution < 1.29 is 8.42 Å². The fourth-order valence-electron chi connectivity index (χ4n) is 2.99. The van der Waals surface area contributed by atoms with E-state index in [-0.39, 0.29) is 4.90 Å². The largest absolute Gasteiger partial charge is 0.280 e. The van der Waals surface area contributed by atoms with Gasteiger partial charge in [-0.05, 0) is 61.2 Å². The number of sulfonamides is 1. The van der Waals surface area contributed by atoms with Gasteiger partial charge in [0.05, 0.1) is 17.1 Å². The van der Waals surface area contributed by atoms with Gasteiger partial charge in [-0.2, -0.15) is 5.10 Å². The first-order chi connectivity index (χ1) is 12.7. The van der Waals surface area contributed by atoms with Crippen molar-refractivity contribution in [2.45, 2.75) is 45.1 Å². The second kappa shape index (κ2) is 7.56. The van der Waals surface area contributed by atoms with Crippen LogP contribution in [0.25, 0.3) is 0 Å². The summed E-state index contributed by atoms with van der Waals surface area (Å²) in [6.07, 6.45) is 0. The lowest BCUT2D eigenvalue weighted by atomic mass is 10.0. The minimum absolute atomic E-state index is 0.260. The average Bonchev–Trinajstić information content (AvgIpc) is 2.92. The van der Waals surface area contributed by atoms with Gasteiger partial charge in [0.15, 0.2) is 0 Å². The quantitative estimate of drug-likeness (QED) is 0.683. The van der Waals surface area contributed by atoms with E-state index in [0.717, 1.165) is 22.5 Å². The predicted octanol–water partition coefficient (Wildman–Crippen LogP) is 4.47. The Morgan fingerprint density at radius 3 is 2.33 bits per heavy atom. The van der Waals surface area contributed by atoms with E-state index in [0.29, 0.717) is 18.2 Å². The zero-order chi connectivity index (χ0) is 19.6. The van der Waals surface area contributed by atoms with Crippen molar-refractivity contribution in [1.82, 2.24) is 9.78 Å². The molecule has 0 radical (unpaired) electrons. The molecule has 0 aliphatic carbocycles. The standard InChI is InChI=1S/C21H25N3O2S/c1-15(2)19-8-10-21(11-9-19)27(25,26)23-20-7-5-6-18(13-20)14-24-17(4)12-16(3)22-24/h5-13,15,23H,14H2,1-4H3. The van der Waals surface area contributed by atoms with E-state index in [9.17, 15) is 8.42 Å². The van der Waals surface area contributed by atoms with Crippen LogP contribution in [0, 0.1) is 13.8 Å². The van der Waals surface area contributed by atoms with Gasteiger partial charge < -0.3 is 0 Å². The molecule has 27 heavy (non-hydrogen) atoms. The molecule has 1 heterocycles. The van der Waals surface area contributed by atoms with Gasteiger partial charge in [0.25, 0.3) is 10.0 Å². The molecule has 0 atom stereocenters. The number of aromatic nitrogens is 2. The fourth-order valence-corrected chi connectivity index (χ4v) is 4.04. The molecule has 0 aliphatic rings. The molecule has 0 fully saturated rings. The molecular weight excluding hydrogens is 358 g/mol. The molecule has 1 aromatic heterocycles. The van der Waals surface area contributed by atoms with Crippen molar-refractivity contribution in [3.8, 4) is 0 Å². The summed E-state index contributed by atoms with van der Waals surface area (Å²) in [5, 5.41) is 4.46. The van der Waals surface area contributed by atoms with E-state index in [4.69, 9.17) is 0 Å². The highest BCUT2D eigenvalue weighted by Gasteiger charge is 2.15. The first-order valence-electron chi connectivity index (χ1n) is 8.97.